The van der Waals surface area contributed by atoms with Gasteiger partial charge in [0.2, 0.25) is 0 Å². The van der Waals surface area contributed by atoms with E-state index in [4.69, 9.17) is 0 Å². The molecule has 1 atom stereocenters. The Bertz CT molecular complexity index is 78.8. The molecule has 0 bridgehead atoms. The maximum Gasteiger partial charge on any atom is 0.0196 e. The van der Waals surface area contributed by atoms with Gasteiger partial charge in [0.15, 0.2) is 0 Å². The van der Waals surface area contributed by atoms with Gasteiger partial charge in [-0.25, -0.2) is 0 Å². The molecule has 0 aliphatic heterocycles. The second-order valence-electron chi connectivity index (χ2n) is 2.52. The summed E-state index contributed by atoms with van der Waals surface area (Å²) < 4.78 is 0. The van der Waals surface area contributed by atoms with Crippen LogP contribution >= 0.6 is 11.8 Å². The lowest BCUT2D eigenvalue weighted by Crippen LogP contribution is -1.90. The highest BCUT2D eigenvalue weighted by Gasteiger charge is 1.94. The molecule has 0 N–H and O–H groups in total. The standard InChI is InChI=1S/C9H18S/c1-4-6-7-8-10-9(3)5-2/h5,9H,2,4,6-8H2,1,3H3. The van der Waals surface area contributed by atoms with Crippen LogP contribution in [0.3, 0.4) is 0 Å². The van der Waals surface area contributed by atoms with Crippen LogP contribution in [0.5, 0.6) is 0 Å². The minimum atomic E-state index is 0.636. The normalized spacial score (nSPS) is 13.0. The van der Waals surface area contributed by atoms with E-state index in [1.807, 2.05) is 17.8 Å². The number of hydrogen-bond donors (Lipinski definition) is 0. The molecule has 0 aliphatic carbocycles. The van der Waals surface area contributed by atoms with Crippen LogP contribution in [0, 0.1) is 0 Å². The molecular weight excluding hydrogens is 140 g/mol. The van der Waals surface area contributed by atoms with Crippen molar-refractivity contribution in [1.82, 2.24) is 0 Å². The SMILES string of the molecule is C=CC(C)SCCCCC. The second kappa shape index (κ2) is 7.20. The van der Waals surface area contributed by atoms with Crippen molar-refractivity contribution in [2.24, 2.45) is 0 Å². The van der Waals surface area contributed by atoms with E-state index in [0.29, 0.717) is 5.25 Å². The Morgan fingerprint density at radius 3 is 2.70 bits per heavy atom. The van der Waals surface area contributed by atoms with Gasteiger partial charge in [0, 0.05) is 5.25 Å². The van der Waals surface area contributed by atoms with E-state index in [9.17, 15) is 0 Å². The molecule has 0 rings (SSSR count). The van der Waals surface area contributed by atoms with Crippen LogP contribution in [0.25, 0.3) is 0 Å². The number of rotatable bonds is 6. The predicted octanol–water partition coefficient (Wildman–Crippen LogP) is 3.48. The third-order valence-electron chi connectivity index (χ3n) is 1.46. The fourth-order valence-corrected chi connectivity index (χ4v) is 1.57. The lowest BCUT2D eigenvalue weighted by atomic mass is 10.3. The van der Waals surface area contributed by atoms with Crippen molar-refractivity contribution >= 4 is 11.8 Å². The fourth-order valence-electron chi connectivity index (χ4n) is 0.689. The maximum atomic E-state index is 3.74. The molecule has 0 fully saturated rings. The van der Waals surface area contributed by atoms with Gasteiger partial charge in [0.05, 0.1) is 0 Å². The zero-order chi connectivity index (χ0) is 7.82. The molecule has 1 unspecified atom stereocenters. The molecule has 0 spiro atoms. The highest BCUT2D eigenvalue weighted by molar-refractivity contribution is 8.00. The van der Waals surface area contributed by atoms with Gasteiger partial charge in [-0.15, -0.1) is 6.58 Å². The Balaban J connectivity index is 2.95. The van der Waals surface area contributed by atoms with Gasteiger partial charge in [0.1, 0.15) is 0 Å². The van der Waals surface area contributed by atoms with Crippen LogP contribution in [0.4, 0.5) is 0 Å². The van der Waals surface area contributed by atoms with E-state index in [-0.39, 0.29) is 0 Å². The Morgan fingerprint density at radius 2 is 2.20 bits per heavy atom. The summed E-state index contributed by atoms with van der Waals surface area (Å²) in [5.41, 5.74) is 0. The minimum absolute atomic E-state index is 0.636. The van der Waals surface area contributed by atoms with Crippen LogP contribution in [-0.4, -0.2) is 11.0 Å². The molecule has 0 nitrogen and oxygen atoms in total. The molecule has 0 heterocycles. The van der Waals surface area contributed by atoms with Crippen molar-refractivity contribution in [3.63, 3.8) is 0 Å². The lowest BCUT2D eigenvalue weighted by Gasteiger charge is -2.03. The Hall–Kier alpha value is 0.0900. The summed E-state index contributed by atoms with van der Waals surface area (Å²) in [4.78, 5) is 0. The molecular formula is C9H18S. The minimum Gasteiger partial charge on any atom is -0.155 e. The Labute approximate surface area is 69.1 Å². The van der Waals surface area contributed by atoms with Gasteiger partial charge in [0.25, 0.3) is 0 Å². The first kappa shape index (κ1) is 10.1. The van der Waals surface area contributed by atoms with Crippen molar-refractivity contribution in [3.8, 4) is 0 Å². The fraction of sp³-hybridized carbons (Fsp3) is 0.778. The van der Waals surface area contributed by atoms with Crippen molar-refractivity contribution < 1.29 is 0 Å². The quantitative estimate of drug-likeness (QED) is 0.421. The molecule has 0 aromatic carbocycles. The number of thioether (sulfide) groups is 1. The maximum absolute atomic E-state index is 3.74. The lowest BCUT2D eigenvalue weighted by molar-refractivity contribution is 0.778. The van der Waals surface area contributed by atoms with Gasteiger partial charge >= 0.3 is 0 Å². The number of unbranched alkanes of at least 4 members (excludes halogenated alkanes) is 2. The summed E-state index contributed by atoms with van der Waals surface area (Å²) in [6, 6.07) is 0. The highest BCUT2D eigenvalue weighted by Crippen LogP contribution is 2.13. The molecule has 0 saturated carbocycles. The first-order valence-corrected chi connectivity index (χ1v) is 5.10. The zero-order valence-corrected chi connectivity index (χ0v) is 7.91. The molecule has 0 amide bonds. The molecule has 0 aliphatic rings. The van der Waals surface area contributed by atoms with Gasteiger partial charge in [-0.05, 0) is 19.1 Å². The summed E-state index contributed by atoms with van der Waals surface area (Å²) in [6.45, 7) is 8.17. The monoisotopic (exact) mass is 158 g/mol. The summed E-state index contributed by atoms with van der Waals surface area (Å²) in [5.74, 6) is 1.29. The Morgan fingerprint density at radius 1 is 1.50 bits per heavy atom. The molecule has 1 heteroatoms. The van der Waals surface area contributed by atoms with Crippen molar-refractivity contribution in [1.29, 1.82) is 0 Å². The third kappa shape index (κ3) is 6.21. The Kier molecular flexibility index (Phi) is 7.26. The van der Waals surface area contributed by atoms with Gasteiger partial charge < -0.3 is 0 Å². The summed E-state index contributed by atoms with van der Waals surface area (Å²) in [5, 5.41) is 0.636. The average Bonchev–Trinajstić information content (AvgIpc) is 1.98. The van der Waals surface area contributed by atoms with Crippen LogP contribution in [0.15, 0.2) is 12.7 Å². The topological polar surface area (TPSA) is 0 Å². The molecule has 0 radical (unpaired) electrons. The van der Waals surface area contributed by atoms with Crippen molar-refractivity contribution in [3.05, 3.63) is 12.7 Å². The highest BCUT2D eigenvalue weighted by atomic mass is 32.2. The van der Waals surface area contributed by atoms with E-state index in [0.717, 1.165) is 0 Å². The van der Waals surface area contributed by atoms with Crippen molar-refractivity contribution in [2.75, 3.05) is 5.75 Å². The zero-order valence-electron chi connectivity index (χ0n) is 7.10. The third-order valence-corrected chi connectivity index (χ3v) is 2.70. The first-order chi connectivity index (χ1) is 4.81. The largest absolute Gasteiger partial charge is 0.155 e. The second-order valence-corrected chi connectivity index (χ2v) is 4.00. The smallest absolute Gasteiger partial charge is 0.0196 e. The molecule has 0 aromatic rings. The number of hydrogen-bond acceptors (Lipinski definition) is 1. The predicted molar refractivity (Wildman–Crippen MR) is 51.6 cm³/mol. The van der Waals surface area contributed by atoms with E-state index >= 15 is 0 Å². The molecule has 0 aromatic heterocycles. The molecule has 0 saturated heterocycles. The van der Waals surface area contributed by atoms with Crippen molar-refractivity contribution in [2.45, 2.75) is 38.4 Å². The van der Waals surface area contributed by atoms with Gasteiger partial charge in [-0.3, -0.25) is 0 Å². The molecule has 10 heavy (non-hydrogen) atoms. The van der Waals surface area contributed by atoms with E-state index in [2.05, 4.69) is 20.4 Å². The molecule has 60 valence electrons. The van der Waals surface area contributed by atoms with Gasteiger partial charge in [-0.1, -0.05) is 25.8 Å². The van der Waals surface area contributed by atoms with E-state index in [1.54, 1.807) is 0 Å². The summed E-state index contributed by atoms with van der Waals surface area (Å²) in [6.07, 6.45) is 6.07. The average molecular weight is 158 g/mol. The van der Waals surface area contributed by atoms with E-state index < -0.39 is 0 Å². The van der Waals surface area contributed by atoms with E-state index in [1.165, 1.54) is 25.0 Å². The first-order valence-electron chi connectivity index (χ1n) is 4.05. The van der Waals surface area contributed by atoms with Gasteiger partial charge in [-0.2, -0.15) is 11.8 Å². The summed E-state index contributed by atoms with van der Waals surface area (Å²) in [7, 11) is 0. The van der Waals surface area contributed by atoms with Crippen LogP contribution in [-0.2, 0) is 0 Å². The summed E-state index contributed by atoms with van der Waals surface area (Å²) >= 11 is 2.00. The van der Waals surface area contributed by atoms with Crippen LogP contribution < -0.4 is 0 Å². The van der Waals surface area contributed by atoms with Crippen LogP contribution in [0.2, 0.25) is 0 Å². The van der Waals surface area contributed by atoms with Crippen LogP contribution in [0.1, 0.15) is 33.1 Å².